The normalized spacial score (nSPS) is 13.7. The molecule has 1 fully saturated rings. The molecule has 9 heteroatoms. The Morgan fingerprint density at radius 1 is 1.23 bits per heavy atom. The van der Waals surface area contributed by atoms with Gasteiger partial charge in [0.1, 0.15) is 23.7 Å². The van der Waals surface area contributed by atoms with Gasteiger partial charge >= 0.3 is 5.97 Å². The maximum Gasteiger partial charge on any atom is 0.338 e. The smallest absolute Gasteiger partial charge is 0.338 e. The van der Waals surface area contributed by atoms with E-state index in [0.29, 0.717) is 35.6 Å². The van der Waals surface area contributed by atoms with Gasteiger partial charge < -0.3 is 30.1 Å². The molecule has 3 rings (SSSR count). The number of hydrogen-bond donors (Lipinski definition) is 3. The zero-order valence-corrected chi connectivity index (χ0v) is 24.1. The number of phenols is 1. The molecule has 0 amide bonds. The highest BCUT2D eigenvalue weighted by Crippen LogP contribution is 2.27. The highest BCUT2D eigenvalue weighted by molar-refractivity contribution is 5.91. The summed E-state index contributed by atoms with van der Waals surface area (Å²) in [7, 11) is 2.06. The first-order valence-corrected chi connectivity index (χ1v) is 14.1. The van der Waals surface area contributed by atoms with E-state index in [1.165, 1.54) is 12.8 Å². The summed E-state index contributed by atoms with van der Waals surface area (Å²) in [6.45, 7) is 14.1. The number of nitrogens with zero attached hydrogens (tertiary/aromatic N) is 3. The van der Waals surface area contributed by atoms with Crippen molar-refractivity contribution in [1.29, 1.82) is 0 Å². The molecule has 9 nitrogen and oxygen atoms in total. The first-order valence-electron chi connectivity index (χ1n) is 14.1. The van der Waals surface area contributed by atoms with Crippen molar-refractivity contribution in [3.05, 3.63) is 53.6 Å². The van der Waals surface area contributed by atoms with Crippen LogP contribution in [0.1, 0.15) is 74.9 Å². The lowest BCUT2D eigenvalue weighted by Crippen LogP contribution is -2.26. The van der Waals surface area contributed by atoms with Crippen LogP contribution in [0.2, 0.25) is 0 Å². The summed E-state index contributed by atoms with van der Waals surface area (Å²) < 4.78 is 11.2. The second-order valence-corrected chi connectivity index (χ2v) is 10.6. The molecular formula is C30H45N5O4. The third-order valence-corrected chi connectivity index (χ3v) is 6.79. The number of phenolic OH excluding ortho intramolecular Hbond substituents is 1. The van der Waals surface area contributed by atoms with Gasteiger partial charge in [-0.3, -0.25) is 0 Å². The minimum Gasteiger partial charge on any atom is -0.508 e. The van der Waals surface area contributed by atoms with Crippen LogP contribution in [0.5, 0.6) is 5.75 Å². The monoisotopic (exact) mass is 539 g/mol. The van der Waals surface area contributed by atoms with Crippen LogP contribution in [0.4, 0.5) is 11.6 Å². The first kappa shape index (κ1) is 30.2. The summed E-state index contributed by atoms with van der Waals surface area (Å²) in [4.78, 5) is 23.6. The van der Waals surface area contributed by atoms with Gasteiger partial charge in [0, 0.05) is 37.4 Å². The Morgan fingerprint density at radius 2 is 2.00 bits per heavy atom. The number of ether oxygens (including phenoxy) is 2. The Labute approximate surface area is 233 Å². The van der Waals surface area contributed by atoms with Crippen LogP contribution in [0, 0.1) is 11.8 Å². The molecular weight excluding hydrogens is 494 g/mol. The SMILES string of the molecule is C=C(Nc1ncnc(N(C)CCC(COCc2c(O)cccc2C(=O)OCC)CC(C)C)c1CC)NC1CC1. The number of carbonyl (C=O) groups excluding carboxylic acids is 1. The third kappa shape index (κ3) is 9.13. The quantitative estimate of drug-likeness (QED) is 0.232. The Balaban J connectivity index is 1.62. The van der Waals surface area contributed by atoms with Gasteiger partial charge in [-0.25, -0.2) is 14.8 Å². The average molecular weight is 540 g/mol. The van der Waals surface area contributed by atoms with Crippen molar-refractivity contribution in [1.82, 2.24) is 15.3 Å². The van der Waals surface area contributed by atoms with Crippen molar-refractivity contribution >= 4 is 17.6 Å². The van der Waals surface area contributed by atoms with E-state index < -0.39 is 5.97 Å². The molecule has 0 saturated heterocycles. The van der Waals surface area contributed by atoms with E-state index in [0.717, 1.165) is 48.8 Å². The number of nitrogens with one attached hydrogen (secondary N) is 2. The maximum atomic E-state index is 12.3. The van der Waals surface area contributed by atoms with E-state index in [-0.39, 0.29) is 19.0 Å². The molecule has 0 spiro atoms. The third-order valence-electron chi connectivity index (χ3n) is 6.79. The van der Waals surface area contributed by atoms with Crippen LogP contribution in [-0.2, 0) is 22.5 Å². The van der Waals surface area contributed by atoms with Crippen molar-refractivity contribution in [2.24, 2.45) is 11.8 Å². The molecule has 0 aliphatic heterocycles. The van der Waals surface area contributed by atoms with Crippen molar-refractivity contribution in [2.75, 3.05) is 37.0 Å². The van der Waals surface area contributed by atoms with Crippen molar-refractivity contribution in [3.63, 3.8) is 0 Å². The van der Waals surface area contributed by atoms with E-state index in [9.17, 15) is 9.90 Å². The summed E-state index contributed by atoms with van der Waals surface area (Å²) in [5.74, 6) is 2.86. The number of aromatic hydroxyl groups is 1. The molecule has 3 N–H and O–H groups in total. The number of aromatic nitrogens is 2. The number of esters is 1. The van der Waals surface area contributed by atoms with E-state index in [4.69, 9.17) is 9.47 Å². The molecule has 1 atom stereocenters. The lowest BCUT2D eigenvalue weighted by Gasteiger charge is -2.26. The molecule has 214 valence electrons. The molecule has 1 aromatic carbocycles. The second-order valence-electron chi connectivity index (χ2n) is 10.6. The highest BCUT2D eigenvalue weighted by atomic mass is 16.5. The van der Waals surface area contributed by atoms with Crippen LogP contribution < -0.4 is 15.5 Å². The fraction of sp³-hybridized carbons (Fsp3) is 0.567. The Morgan fingerprint density at radius 3 is 2.67 bits per heavy atom. The van der Waals surface area contributed by atoms with Gasteiger partial charge in [-0.05, 0) is 63.0 Å². The maximum absolute atomic E-state index is 12.3. The van der Waals surface area contributed by atoms with Gasteiger partial charge in [-0.15, -0.1) is 0 Å². The van der Waals surface area contributed by atoms with E-state index >= 15 is 0 Å². The Bertz CT molecular complexity index is 1100. The Hall–Kier alpha value is -3.33. The number of hydrogen-bond acceptors (Lipinski definition) is 9. The van der Waals surface area contributed by atoms with Gasteiger partial charge in [0.2, 0.25) is 0 Å². The first-order chi connectivity index (χ1) is 18.7. The minimum atomic E-state index is -0.454. The summed E-state index contributed by atoms with van der Waals surface area (Å²) in [6.07, 6.45) is 6.66. The van der Waals surface area contributed by atoms with Crippen LogP contribution in [0.3, 0.4) is 0 Å². The molecule has 2 aromatic rings. The molecule has 1 aromatic heterocycles. The van der Waals surface area contributed by atoms with E-state index in [2.05, 4.69) is 59.9 Å². The number of anilines is 2. The van der Waals surface area contributed by atoms with Crippen LogP contribution in [-0.4, -0.2) is 53.9 Å². The molecule has 1 unspecified atom stereocenters. The highest BCUT2D eigenvalue weighted by Gasteiger charge is 2.22. The fourth-order valence-electron chi connectivity index (χ4n) is 4.69. The lowest BCUT2D eigenvalue weighted by molar-refractivity contribution is 0.0508. The fourth-order valence-corrected chi connectivity index (χ4v) is 4.69. The number of rotatable bonds is 17. The molecule has 1 heterocycles. The molecule has 1 saturated carbocycles. The number of carbonyl (C=O) groups is 1. The zero-order chi connectivity index (χ0) is 28.4. The Kier molecular flexibility index (Phi) is 11.4. The summed E-state index contributed by atoms with van der Waals surface area (Å²) in [6, 6.07) is 5.38. The van der Waals surface area contributed by atoms with Gasteiger partial charge in [0.05, 0.1) is 24.6 Å². The topological polar surface area (TPSA) is 109 Å². The number of benzene rings is 1. The molecule has 0 radical (unpaired) electrons. The van der Waals surface area contributed by atoms with Crippen molar-refractivity contribution < 1.29 is 19.4 Å². The minimum absolute atomic E-state index is 0.0379. The second kappa shape index (κ2) is 14.7. The largest absolute Gasteiger partial charge is 0.508 e. The van der Waals surface area contributed by atoms with Crippen molar-refractivity contribution in [2.45, 2.75) is 72.4 Å². The molecule has 1 aliphatic carbocycles. The van der Waals surface area contributed by atoms with Crippen LogP contribution in [0.15, 0.2) is 36.9 Å². The average Bonchev–Trinajstić information content (AvgIpc) is 3.71. The molecule has 1 aliphatic rings. The lowest BCUT2D eigenvalue weighted by atomic mass is 9.94. The molecule has 0 bridgehead atoms. The van der Waals surface area contributed by atoms with Gasteiger partial charge in [0.25, 0.3) is 0 Å². The summed E-state index contributed by atoms with van der Waals surface area (Å²) >= 11 is 0. The van der Waals surface area contributed by atoms with E-state index in [1.54, 1.807) is 31.5 Å². The predicted molar refractivity (Wildman–Crippen MR) is 155 cm³/mol. The van der Waals surface area contributed by atoms with Gasteiger partial charge in [0.15, 0.2) is 0 Å². The van der Waals surface area contributed by atoms with Gasteiger partial charge in [-0.2, -0.15) is 0 Å². The summed E-state index contributed by atoms with van der Waals surface area (Å²) in [5.41, 5.74) is 1.86. The van der Waals surface area contributed by atoms with Crippen molar-refractivity contribution in [3.8, 4) is 5.75 Å². The zero-order valence-electron chi connectivity index (χ0n) is 24.1. The van der Waals surface area contributed by atoms with Crippen LogP contribution in [0.25, 0.3) is 0 Å². The van der Waals surface area contributed by atoms with Crippen LogP contribution >= 0.6 is 0 Å². The predicted octanol–water partition coefficient (Wildman–Crippen LogP) is 5.26. The van der Waals surface area contributed by atoms with Gasteiger partial charge in [-0.1, -0.05) is 33.4 Å². The van der Waals surface area contributed by atoms with E-state index in [1.807, 2.05) is 0 Å². The summed E-state index contributed by atoms with van der Waals surface area (Å²) in [5, 5.41) is 17.1. The molecule has 39 heavy (non-hydrogen) atoms. The standard InChI is InChI=1S/C30H45N5O4/c1-7-24-28(34-21(5)33-23-12-13-23)31-19-32-29(24)35(6)15-14-22(16-20(3)4)17-38-18-26-25(30(37)39-8-2)10-9-11-27(26)36/h9-11,19-20,22-23,33,36H,5,7-8,12-18H2,1-4,6H3,(H,31,32,34).